The molecule has 2 aromatic heterocycles. The minimum absolute atomic E-state index is 0.198. The van der Waals surface area contributed by atoms with E-state index in [0.29, 0.717) is 43.3 Å². The number of hydrogen-bond acceptors (Lipinski definition) is 6. The molecule has 0 unspecified atom stereocenters. The molecule has 1 amide bonds. The number of aliphatic carboxylic acids is 1. The Morgan fingerprint density at radius 3 is 2.50 bits per heavy atom. The van der Waals surface area contributed by atoms with E-state index in [1.807, 2.05) is 4.90 Å². The van der Waals surface area contributed by atoms with Crippen LogP contribution in [0.5, 0.6) is 0 Å². The molecular formula is C12H14N6O4. The third-order valence-electron chi connectivity index (χ3n) is 3.50. The van der Waals surface area contributed by atoms with E-state index in [9.17, 15) is 9.59 Å². The van der Waals surface area contributed by atoms with Crippen LogP contribution in [0.4, 0.5) is 10.7 Å². The molecule has 0 spiro atoms. The van der Waals surface area contributed by atoms with Crippen molar-refractivity contribution in [2.45, 2.75) is 6.54 Å². The molecule has 0 bridgehead atoms. The van der Waals surface area contributed by atoms with Gasteiger partial charge in [-0.3, -0.25) is 4.79 Å². The van der Waals surface area contributed by atoms with E-state index in [-0.39, 0.29) is 6.54 Å². The minimum Gasteiger partial charge on any atom is -0.480 e. The molecule has 116 valence electrons. The van der Waals surface area contributed by atoms with E-state index in [2.05, 4.69) is 15.0 Å². The molecule has 0 atom stereocenters. The number of anilines is 1. The van der Waals surface area contributed by atoms with Gasteiger partial charge in [-0.05, 0) is 0 Å². The molecular weight excluding hydrogens is 292 g/mol. The van der Waals surface area contributed by atoms with E-state index in [1.54, 1.807) is 0 Å². The van der Waals surface area contributed by atoms with Crippen LogP contribution >= 0.6 is 0 Å². The van der Waals surface area contributed by atoms with Crippen LogP contribution in [0.15, 0.2) is 12.5 Å². The standard InChI is InChI=1S/C12H14N6O4/c19-9(20)6-18-7-14-10-8(18)5-13-11(15-10)16-1-3-17(4-2-16)12(21)22/h5,7H,1-4,6H2,(H,19,20)(H,21,22). The lowest BCUT2D eigenvalue weighted by Crippen LogP contribution is -2.48. The molecule has 2 aromatic rings. The van der Waals surface area contributed by atoms with Crippen LogP contribution in [-0.4, -0.2) is 72.9 Å². The van der Waals surface area contributed by atoms with Crippen LogP contribution in [0.1, 0.15) is 0 Å². The number of imidazole rings is 1. The van der Waals surface area contributed by atoms with Gasteiger partial charge in [-0.15, -0.1) is 0 Å². The molecule has 1 saturated heterocycles. The number of amides is 1. The Hall–Kier alpha value is -2.91. The Morgan fingerprint density at radius 1 is 1.14 bits per heavy atom. The van der Waals surface area contributed by atoms with Gasteiger partial charge >= 0.3 is 12.1 Å². The molecule has 3 heterocycles. The van der Waals surface area contributed by atoms with Crippen LogP contribution in [-0.2, 0) is 11.3 Å². The first-order chi connectivity index (χ1) is 10.5. The van der Waals surface area contributed by atoms with Gasteiger partial charge in [0.15, 0.2) is 5.65 Å². The normalized spacial score (nSPS) is 15.3. The first kappa shape index (κ1) is 14.0. The van der Waals surface area contributed by atoms with Gasteiger partial charge < -0.3 is 24.6 Å². The highest BCUT2D eigenvalue weighted by Gasteiger charge is 2.22. The van der Waals surface area contributed by atoms with Crippen LogP contribution in [0, 0.1) is 0 Å². The van der Waals surface area contributed by atoms with Gasteiger partial charge in [0.1, 0.15) is 12.1 Å². The van der Waals surface area contributed by atoms with Crippen molar-refractivity contribution >= 4 is 29.2 Å². The van der Waals surface area contributed by atoms with Gasteiger partial charge in [0.25, 0.3) is 0 Å². The summed E-state index contributed by atoms with van der Waals surface area (Å²) in [5, 5.41) is 17.7. The lowest BCUT2D eigenvalue weighted by Gasteiger charge is -2.32. The fourth-order valence-electron chi connectivity index (χ4n) is 2.36. The number of carboxylic acids is 1. The predicted molar refractivity (Wildman–Crippen MR) is 74.8 cm³/mol. The van der Waals surface area contributed by atoms with Crippen LogP contribution in [0.3, 0.4) is 0 Å². The van der Waals surface area contributed by atoms with E-state index < -0.39 is 12.1 Å². The number of aromatic nitrogens is 4. The quantitative estimate of drug-likeness (QED) is 0.792. The Balaban J connectivity index is 1.78. The van der Waals surface area contributed by atoms with Gasteiger partial charge in [0, 0.05) is 26.2 Å². The van der Waals surface area contributed by atoms with Crippen molar-refractivity contribution in [2.24, 2.45) is 0 Å². The molecule has 1 fully saturated rings. The topological polar surface area (TPSA) is 125 Å². The molecule has 2 N–H and O–H groups in total. The average molecular weight is 306 g/mol. The number of piperazine rings is 1. The summed E-state index contributed by atoms with van der Waals surface area (Å²) in [6.07, 6.45) is 2.03. The second-order valence-electron chi connectivity index (χ2n) is 4.90. The lowest BCUT2D eigenvalue weighted by atomic mass is 10.3. The number of carbonyl (C=O) groups is 2. The smallest absolute Gasteiger partial charge is 0.407 e. The van der Waals surface area contributed by atoms with Crippen molar-refractivity contribution < 1.29 is 19.8 Å². The van der Waals surface area contributed by atoms with Crippen LogP contribution < -0.4 is 4.90 Å². The highest BCUT2D eigenvalue weighted by molar-refractivity contribution is 5.74. The highest BCUT2D eigenvalue weighted by Crippen LogP contribution is 2.16. The van der Waals surface area contributed by atoms with Crippen LogP contribution in [0.25, 0.3) is 11.2 Å². The summed E-state index contributed by atoms with van der Waals surface area (Å²) < 4.78 is 1.46. The monoisotopic (exact) mass is 306 g/mol. The van der Waals surface area contributed by atoms with E-state index >= 15 is 0 Å². The summed E-state index contributed by atoms with van der Waals surface area (Å²) in [6, 6.07) is 0. The van der Waals surface area contributed by atoms with Gasteiger partial charge in [-0.1, -0.05) is 0 Å². The molecule has 0 radical (unpaired) electrons. The van der Waals surface area contributed by atoms with Crippen molar-refractivity contribution in [3.8, 4) is 0 Å². The third kappa shape index (κ3) is 2.62. The zero-order chi connectivity index (χ0) is 15.7. The molecule has 1 aliphatic rings. The van der Waals surface area contributed by atoms with E-state index in [0.717, 1.165) is 0 Å². The molecule has 3 rings (SSSR count). The van der Waals surface area contributed by atoms with Gasteiger partial charge in [-0.25, -0.2) is 14.8 Å². The molecule has 10 heteroatoms. The number of nitrogens with zero attached hydrogens (tertiary/aromatic N) is 6. The molecule has 0 saturated carbocycles. The number of hydrogen-bond donors (Lipinski definition) is 2. The first-order valence-electron chi connectivity index (χ1n) is 6.67. The van der Waals surface area contributed by atoms with Gasteiger partial charge in [0.05, 0.1) is 12.5 Å². The largest absolute Gasteiger partial charge is 0.480 e. The molecule has 1 aliphatic heterocycles. The Kier molecular flexibility index (Phi) is 3.49. The SMILES string of the molecule is O=C(O)Cn1cnc2nc(N3CCN(C(=O)O)CC3)ncc21. The zero-order valence-electron chi connectivity index (χ0n) is 11.6. The van der Waals surface area contributed by atoms with Crippen molar-refractivity contribution in [1.29, 1.82) is 0 Å². The third-order valence-corrected chi connectivity index (χ3v) is 3.50. The van der Waals surface area contributed by atoms with Gasteiger partial charge in [-0.2, -0.15) is 4.98 Å². The number of rotatable bonds is 3. The Morgan fingerprint density at radius 2 is 1.86 bits per heavy atom. The second-order valence-corrected chi connectivity index (χ2v) is 4.90. The van der Waals surface area contributed by atoms with Crippen molar-refractivity contribution in [3.05, 3.63) is 12.5 Å². The predicted octanol–water partition coefficient (Wildman–Crippen LogP) is -0.289. The summed E-state index contributed by atoms with van der Waals surface area (Å²) in [5.41, 5.74) is 0.974. The Bertz CT molecular complexity index is 721. The van der Waals surface area contributed by atoms with Crippen LogP contribution in [0.2, 0.25) is 0 Å². The first-order valence-corrected chi connectivity index (χ1v) is 6.67. The highest BCUT2D eigenvalue weighted by atomic mass is 16.4. The summed E-state index contributed by atoms with van der Waals surface area (Å²) >= 11 is 0. The molecule has 22 heavy (non-hydrogen) atoms. The van der Waals surface area contributed by atoms with Crippen molar-refractivity contribution in [2.75, 3.05) is 31.1 Å². The zero-order valence-corrected chi connectivity index (χ0v) is 11.6. The maximum Gasteiger partial charge on any atom is 0.407 e. The number of fused-ring (bicyclic) bond motifs is 1. The summed E-state index contributed by atoms with van der Waals surface area (Å²) in [4.78, 5) is 37.5. The Labute approximate surface area is 124 Å². The molecule has 10 nitrogen and oxygen atoms in total. The number of carboxylic acid groups (broad SMARTS) is 2. The van der Waals surface area contributed by atoms with Crippen molar-refractivity contribution in [1.82, 2.24) is 24.4 Å². The second kappa shape index (κ2) is 5.47. The fraction of sp³-hybridized carbons (Fsp3) is 0.417. The summed E-state index contributed by atoms with van der Waals surface area (Å²) in [7, 11) is 0. The molecule has 0 aliphatic carbocycles. The summed E-state index contributed by atoms with van der Waals surface area (Å²) in [6.45, 7) is 1.60. The maximum atomic E-state index is 10.9. The summed E-state index contributed by atoms with van der Waals surface area (Å²) in [5.74, 6) is -0.494. The van der Waals surface area contributed by atoms with E-state index in [1.165, 1.54) is 22.0 Å². The minimum atomic E-state index is -0.965. The lowest BCUT2D eigenvalue weighted by molar-refractivity contribution is -0.137. The molecule has 0 aromatic carbocycles. The van der Waals surface area contributed by atoms with Gasteiger partial charge in [0.2, 0.25) is 5.95 Å². The van der Waals surface area contributed by atoms with Crippen molar-refractivity contribution in [3.63, 3.8) is 0 Å². The average Bonchev–Trinajstić information content (AvgIpc) is 2.89. The fourth-order valence-corrected chi connectivity index (χ4v) is 2.36. The maximum absolute atomic E-state index is 10.9. The van der Waals surface area contributed by atoms with E-state index in [4.69, 9.17) is 10.2 Å².